The molecule has 1 aromatic heterocycles. The molecular formula is C30H23BrN2O5S. The minimum Gasteiger partial charge on any atom is -0.497 e. The van der Waals surface area contributed by atoms with Crippen LogP contribution in [-0.2, 0) is 6.42 Å². The summed E-state index contributed by atoms with van der Waals surface area (Å²) in [4.78, 5) is 19.9. The molecule has 196 valence electrons. The van der Waals surface area contributed by atoms with Gasteiger partial charge in [-0.15, -0.1) is 0 Å². The highest BCUT2D eigenvalue weighted by atomic mass is 79.9. The quantitative estimate of drug-likeness (QED) is 0.335. The van der Waals surface area contributed by atoms with Gasteiger partial charge in [0.15, 0.2) is 16.3 Å². The SMILES string of the molecule is COc1ccc(OC)c([C@@H]2C3=C(N=c4s/c(=C/c5cc6c(cc5Br)OCO6)c(=O)n42)c2ccccc2CC3)c1. The number of nitrogens with zero attached hydrogens (tertiary/aromatic N) is 2. The third-order valence-corrected chi connectivity index (χ3v) is 9.05. The first-order valence-corrected chi connectivity index (χ1v) is 14.1. The predicted octanol–water partition coefficient (Wildman–Crippen LogP) is 4.83. The molecule has 0 saturated heterocycles. The fraction of sp³-hybridized carbons (Fsp3) is 0.200. The number of allylic oxidation sites excluding steroid dienone is 1. The Morgan fingerprint density at radius 3 is 2.69 bits per heavy atom. The van der Waals surface area contributed by atoms with Crippen molar-refractivity contribution in [2.45, 2.75) is 18.9 Å². The summed E-state index contributed by atoms with van der Waals surface area (Å²) < 4.78 is 25.6. The fourth-order valence-electron chi connectivity index (χ4n) is 5.54. The van der Waals surface area contributed by atoms with Crippen molar-refractivity contribution in [3.8, 4) is 23.0 Å². The first-order chi connectivity index (χ1) is 19.1. The third-order valence-electron chi connectivity index (χ3n) is 7.38. The van der Waals surface area contributed by atoms with Crippen LogP contribution in [0.15, 0.2) is 74.4 Å². The molecule has 0 spiro atoms. The summed E-state index contributed by atoms with van der Waals surface area (Å²) >= 11 is 5.00. The Bertz CT molecular complexity index is 1870. The largest absolute Gasteiger partial charge is 0.497 e. The molecule has 0 unspecified atom stereocenters. The highest BCUT2D eigenvalue weighted by Crippen LogP contribution is 2.44. The predicted molar refractivity (Wildman–Crippen MR) is 153 cm³/mol. The molecule has 3 aliphatic rings. The molecule has 3 aromatic carbocycles. The van der Waals surface area contributed by atoms with E-state index in [0.717, 1.165) is 45.3 Å². The third kappa shape index (κ3) is 3.91. The molecule has 7 nitrogen and oxygen atoms in total. The van der Waals surface area contributed by atoms with Gasteiger partial charge in [0.1, 0.15) is 11.5 Å². The molecule has 9 heteroatoms. The van der Waals surface area contributed by atoms with Gasteiger partial charge < -0.3 is 18.9 Å². The number of aryl methyl sites for hydroxylation is 1. The minimum absolute atomic E-state index is 0.108. The van der Waals surface area contributed by atoms with Gasteiger partial charge in [-0.1, -0.05) is 51.5 Å². The number of hydrogen-bond donors (Lipinski definition) is 0. The fourth-order valence-corrected chi connectivity index (χ4v) is 6.97. The zero-order valence-electron chi connectivity index (χ0n) is 21.2. The highest BCUT2D eigenvalue weighted by molar-refractivity contribution is 9.10. The van der Waals surface area contributed by atoms with Crippen molar-refractivity contribution in [1.82, 2.24) is 4.57 Å². The number of aromatic nitrogens is 1. The molecule has 1 aliphatic carbocycles. The average molecular weight is 603 g/mol. The Kier molecular flexibility index (Phi) is 5.86. The van der Waals surface area contributed by atoms with Crippen molar-refractivity contribution in [3.05, 3.63) is 107 Å². The lowest BCUT2D eigenvalue weighted by atomic mass is 9.83. The van der Waals surface area contributed by atoms with Crippen molar-refractivity contribution in [1.29, 1.82) is 0 Å². The lowest BCUT2D eigenvalue weighted by Crippen LogP contribution is -2.39. The molecule has 39 heavy (non-hydrogen) atoms. The molecule has 4 aromatic rings. The van der Waals surface area contributed by atoms with Crippen LogP contribution in [-0.4, -0.2) is 25.6 Å². The second-order valence-corrected chi connectivity index (χ2v) is 11.3. The molecule has 0 amide bonds. The van der Waals surface area contributed by atoms with Crippen LogP contribution in [0.2, 0.25) is 0 Å². The Labute approximate surface area is 236 Å². The van der Waals surface area contributed by atoms with Crippen molar-refractivity contribution in [3.63, 3.8) is 0 Å². The number of ether oxygens (including phenoxy) is 4. The van der Waals surface area contributed by atoms with Crippen LogP contribution in [0.5, 0.6) is 23.0 Å². The summed E-state index contributed by atoms with van der Waals surface area (Å²) in [5.74, 6) is 2.73. The normalized spacial score (nSPS) is 17.3. The van der Waals surface area contributed by atoms with E-state index in [9.17, 15) is 4.79 Å². The summed E-state index contributed by atoms with van der Waals surface area (Å²) in [5, 5.41) is 0. The number of methoxy groups -OCH3 is 2. The summed E-state index contributed by atoms with van der Waals surface area (Å²) in [6, 6.07) is 17.5. The second kappa shape index (κ2) is 9.43. The van der Waals surface area contributed by atoms with Crippen LogP contribution in [0.25, 0.3) is 11.8 Å². The van der Waals surface area contributed by atoms with Gasteiger partial charge in [-0.25, -0.2) is 4.99 Å². The Morgan fingerprint density at radius 1 is 1.05 bits per heavy atom. The number of halogens is 1. The van der Waals surface area contributed by atoms with Gasteiger partial charge in [0, 0.05) is 15.6 Å². The molecule has 0 N–H and O–H groups in total. The van der Waals surface area contributed by atoms with Gasteiger partial charge in [0.05, 0.1) is 30.5 Å². The van der Waals surface area contributed by atoms with E-state index in [4.69, 9.17) is 23.9 Å². The van der Waals surface area contributed by atoms with Gasteiger partial charge in [-0.3, -0.25) is 9.36 Å². The zero-order chi connectivity index (χ0) is 26.7. The van der Waals surface area contributed by atoms with Gasteiger partial charge in [-0.2, -0.15) is 0 Å². The van der Waals surface area contributed by atoms with E-state index in [0.29, 0.717) is 32.3 Å². The smallest absolute Gasteiger partial charge is 0.271 e. The summed E-state index contributed by atoms with van der Waals surface area (Å²) in [6.45, 7) is 0.183. The molecule has 0 saturated carbocycles. The van der Waals surface area contributed by atoms with Crippen LogP contribution < -0.4 is 33.8 Å². The van der Waals surface area contributed by atoms with Crippen molar-refractivity contribution in [2.24, 2.45) is 4.99 Å². The number of benzene rings is 3. The lowest BCUT2D eigenvalue weighted by molar-refractivity contribution is 0.174. The first kappa shape index (κ1) is 24.2. The molecule has 0 bridgehead atoms. The molecular weight excluding hydrogens is 580 g/mol. The highest BCUT2D eigenvalue weighted by Gasteiger charge is 2.34. The summed E-state index contributed by atoms with van der Waals surface area (Å²) in [5.41, 5.74) is 6.00. The number of fused-ring (bicyclic) bond motifs is 4. The molecule has 1 atom stereocenters. The maximum atomic E-state index is 14.1. The first-order valence-electron chi connectivity index (χ1n) is 12.5. The number of hydrogen-bond acceptors (Lipinski definition) is 7. The molecule has 7 rings (SSSR count). The van der Waals surface area contributed by atoms with Crippen LogP contribution in [0.1, 0.15) is 34.7 Å². The van der Waals surface area contributed by atoms with Crippen molar-refractivity contribution >= 4 is 39.0 Å². The average Bonchev–Trinajstić information content (AvgIpc) is 3.54. The summed E-state index contributed by atoms with van der Waals surface area (Å²) in [6.07, 6.45) is 3.55. The van der Waals surface area contributed by atoms with E-state index >= 15 is 0 Å². The Balaban J connectivity index is 1.50. The number of rotatable bonds is 4. The van der Waals surface area contributed by atoms with Crippen LogP contribution in [0.3, 0.4) is 0 Å². The molecule has 3 heterocycles. The van der Waals surface area contributed by atoms with Crippen LogP contribution in [0, 0.1) is 0 Å². The summed E-state index contributed by atoms with van der Waals surface area (Å²) in [7, 11) is 3.29. The number of thiazole rings is 1. The maximum Gasteiger partial charge on any atom is 0.271 e. The van der Waals surface area contributed by atoms with Gasteiger partial charge in [0.25, 0.3) is 5.56 Å². The Hall–Kier alpha value is -3.82. The molecule has 0 fully saturated rings. The minimum atomic E-state index is -0.378. The maximum absolute atomic E-state index is 14.1. The van der Waals surface area contributed by atoms with E-state index < -0.39 is 0 Å². The van der Waals surface area contributed by atoms with E-state index in [1.807, 2.05) is 42.5 Å². The van der Waals surface area contributed by atoms with Gasteiger partial charge in [0.2, 0.25) is 6.79 Å². The standard InChI is InChI=1S/C30H23BrN2O5S/c1-35-18-8-10-23(36-2)21(13-18)28-20-9-7-16-5-3-4-6-19(16)27(20)32-30-33(28)29(34)26(39-30)12-17-11-24-25(14-22(17)31)38-15-37-24/h3-6,8,10-14,28H,7,9,15H2,1-2H3/b26-12+/t28-/m0/s1. The van der Waals surface area contributed by atoms with E-state index in [1.54, 1.807) is 18.8 Å². The molecule has 0 radical (unpaired) electrons. The molecule has 2 aliphatic heterocycles. The van der Waals surface area contributed by atoms with E-state index in [1.165, 1.54) is 16.9 Å². The van der Waals surface area contributed by atoms with E-state index in [2.05, 4.69) is 34.1 Å². The van der Waals surface area contributed by atoms with Crippen molar-refractivity contribution < 1.29 is 18.9 Å². The Morgan fingerprint density at radius 2 is 1.87 bits per heavy atom. The second-order valence-electron chi connectivity index (χ2n) is 9.45. The van der Waals surface area contributed by atoms with Crippen LogP contribution >= 0.6 is 27.3 Å². The van der Waals surface area contributed by atoms with Crippen molar-refractivity contribution in [2.75, 3.05) is 21.0 Å². The topological polar surface area (TPSA) is 71.3 Å². The van der Waals surface area contributed by atoms with E-state index in [-0.39, 0.29) is 18.4 Å². The van der Waals surface area contributed by atoms with Gasteiger partial charge >= 0.3 is 0 Å². The monoisotopic (exact) mass is 602 g/mol. The lowest BCUT2D eigenvalue weighted by Gasteiger charge is -2.31. The van der Waals surface area contributed by atoms with Crippen LogP contribution in [0.4, 0.5) is 0 Å². The zero-order valence-corrected chi connectivity index (χ0v) is 23.6. The van der Waals surface area contributed by atoms with Gasteiger partial charge in [-0.05, 0) is 65.9 Å².